The van der Waals surface area contributed by atoms with Crippen LogP contribution < -0.4 is 5.32 Å². The lowest BCUT2D eigenvalue weighted by Gasteiger charge is -2.31. The number of carbonyl (C=O) groups excluding carboxylic acids is 1. The molecule has 2 amide bonds. The number of nitrogens with zero attached hydrogens (tertiary/aromatic N) is 1. The Morgan fingerprint density at radius 1 is 1.32 bits per heavy atom. The zero-order chi connectivity index (χ0) is 14.6. The minimum atomic E-state index is -1.24. The van der Waals surface area contributed by atoms with E-state index in [0.29, 0.717) is 6.54 Å². The molecule has 0 radical (unpaired) electrons. The number of urea groups is 1. The molecule has 1 aromatic carbocycles. The number of likely N-dealkylation sites (N-methyl/N-ethyl adjacent to an activating group) is 1. The fourth-order valence-corrected chi connectivity index (χ4v) is 1.50. The first-order chi connectivity index (χ1) is 8.76. The highest BCUT2D eigenvalue weighted by Gasteiger charge is 2.35. The molecule has 104 valence electrons. The predicted molar refractivity (Wildman–Crippen MR) is 72.9 cm³/mol. The van der Waals surface area contributed by atoms with E-state index in [1.165, 1.54) is 25.8 Å². The van der Waals surface area contributed by atoms with Gasteiger partial charge in [0, 0.05) is 13.6 Å². The number of nitrogens with one attached hydrogen (secondary N) is 1. The molecule has 1 rings (SSSR count). The summed E-state index contributed by atoms with van der Waals surface area (Å²) in [5.41, 5.74) is 0.857. The molecule has 0 unspecified atom stereocenters. The Labute approximate surface area is 113 Å². The highest BCUT2D eigenvalue weighted by molar-refractivity contribution is 5.85. The van der Waals surface area contributed by atoms with Crippen LogP contribution in [0.1, 0.15) is 25.0 Å². The summed E-state index contributed by atoms with van der Waals surface area (Å²) in [5, 5.41) is 11.8. The van der Waals surface area contributed by atoms with E-state index in [9.17, 15) is 9.59 Å². The maximum Gasteiger partial charge on any atom is 0.329 e. The number of hydrogen-bond acceptors (Lipinski definition) is 2. The average Bonchev–Trinajstić information content (AvgIpc) is 2.36. The van der Waals surface area contributed by atoms with Gasteiger partial charge in [0.05, 0.1) is 0 Å². The van der Waals surface area contributed by atoms with Gasteiger partial charge in [-0.25, -0.2) is 9.59 Å². The Hall–Kier alpha value is -2.04. The lowest BCUT2D eigenvalue weighted by molar-refractivity contribution is -0.146. The Kier molecular flexibility index (Phi) is 4.53. The molecule has 0 fully saturated rings. The molecule has 0 spiro atoms. The van der Waals surface area contributed by atoms with E-state index in [-0.39, 0.29) is 0 Å². The molecule has 0 aliphatic heterocycles. The highest BCUT2D eigenvalue weighted by Crippen LogP contribution is 2.13. The van der Waals surface area contributed by atoms with E-state index in [1.807, 2.05) is 31.2 Å². The largest absolute Gasteiger partial charge is 0.480 e. The number of carboxylic acids is 1. The molecule has 0 aliphatic carbocycles. The summed E-state index contributed by atoms with van der Waals surface area (Å²) >= 11 is 0. The standard InChI is InChI=1S/C14H20N2O3/c1-10-7-5-6-8-11(10)9-15-13(19)16(4)14(2,3)12(17)18/h5-8H,9H2,1-4H3,(H,15,19)(H,17,18). The molecule has 0 aromatic heterocycles. The van der Waals surface area contributed by atoms with Crippen LogP contribution in [0.3, 0.4) is 0 Å². The van der Waals surface area contributed by atoms with E-state index >= 15 is 0 Å². The fraction of sp³-hybridized carbons (Fsp3) is 0.429. The summed E-state index contributed by atoms with van der Waals surface area (Å²) in [6.07, 6.45) is 0. The van der Waals surface area contributed by atoms with Crippen LogP contribution in [0.2, 0.25) is 0 Å². The van der Waals surface area contributed by atoms with Gasteiger partial charge < -0.3 is 15.3 Å². The van der Waals surface area contributed by atoms with Crippen molar-refractivity contribution in [2.75, 3.05) is 7.05 Å². The normalized spacial score (nSPS) is 10.9. The molecule has 0 saturated heterocycles. The Balaban J connectivity index is 2.66. The Morgan fingerprint density at radius 2 is 1.89 bits per heavy atom. The van der Waals surface area contributed by atoms with Crippen LogP contribution in [0, 0.1) is 6.92 Å². The summed E-state index contributed by atoms with van der Waals surface area (Å²) in [6.45, 7) is 5.32. The van der Waals surface area contributed by atoms with Gasteiger partial charge in [-0.05, 0) is 31.9 Å². The fourth-order valence-electron chi connectivity index (χ4n) is 1.50. The molecule has 5 nitrogen and oxygen atoms in total. The van der Waals surface area contributed by atoms with E-state index in [1.54, 1.807) is 0 Å². The molecule has 5 heteroatoms. The summed E-state index contributed by atoms with van der Waals surface area (Å²) in [7, 11) is 1.47. The second-order valence-corrected chi connectivity index (χ2v) is 5.01. The molecular formula is C14H20N2O3. The second kappa shape index (κ2) is 5.73. The summed E-state index contributed by atoms with van der Waals surface area (Å²) in [4.78, 5) is 24.2. The Morgan fingerprint density at radius 3 is 2.42 bits per heavy atom. The van der Waals surface area contributed by atoms with Gasteiger partial charge >= 0.3 is 12.0 Å². The van der Waals surface area contributed by atoms with Crippen molar-refractivity contribution in [2.45, 2.75) is 32.9 Å². The lowest BCUT2D eigenvalue weighted by Crippen LogP contribution is -2.53. The lowest BCUT2D eigenvalue weighted by atomic mass is 10.0. The van der Waals surface area contributed by atoms with Crippen LogP contribution in [0.15, 0.2) is 24.3 Å². The van der Waals surface area contributed by atoms with E-state index in [0.717, 1.165) is 11.1 Å². The maximum atomic E-state index is 11.9. The number of aliphatic carboxylic acids is 1. The van der Waals surface area contributed by atoms with Gasteiger partial charge in [0.2, 0.25) is 0 Å². The number of hydrogen-bond donors (Lipinski definition) is 2. The van der Waals surface area contributed by atoms with Crippen LogP contribution in [-0.4, -0.2) is 34.6 Å². The third-order valence-electron chi connectivity index (χ3n) is 3.36. The number of carboxylic acid groups (broad SMARTS) is 1. The number of carbonyl (C=O) groups is 2. The quantitative estimate of drug-likeness (QED) is 0.874. The van der Waals surface area contributed by atoms with Crippen LogP contribution in [-0.2, 0) is 11.3 Å². The number of aryl methyl sites for hydroxylation is 1. The monoisotopic (exact) mass is 264 g/mol. The molecule has 0 atom stereocenters. The third-order valence-corrected chi connectivity index (χ3v) is 3.36. The first-order valence-electron chi connectivity index (χ1n) is 6.06. The molecule has 1 aromatic rings. The second-order valence-electron chi connectivity index (χ2n) is 5.01. The summed E-state index contributed by atoms with van der Waals surface area (Å²) < 4.78 is 0. The van der Waals surface area contributed by atoms with Crippen molar-refractivity contribution in [2.24, 2.45) is 0 Å². The summed E-state index contributed by atoms with van der Waals surface area (Å²) in [6, 6.07) is 7.32. The zero-order valence-corrected chi connectivity index (χ0v) is 11.7. The Bertz CT molecular complexity index is 483. The third kappa shape index (κ3) is 3.47. The smallest absolute Gasteiger partial charge is 0.329 e. The van der Waals surface area contributed by atoms with Crippen molar-refractivity contribution in [3.8, 4) is 0 Å². The minimum absolute atomic E-state index is 0.381. The van der Waals surface area contributed by atoms with E-state index < -0.39 is 17.5 Å². The van der Waals surface area contributed by atoms with Gasteiger partial charge in [0.15, 0.2) is 0 Å². The topological polar surface area (TPSA) is 69.6 Å². The van der Waals surface area contributed by atoms with Crippen molar-refractivity contribution in [3.05, 3.63) is 35.4 Å². The highest BCUT2D eigenvalue weighted by atomic mass is 16.4. The van der Waals surface area contributed by atoms with Gasteiger partial charge in [-0.15, -0.1) is 0 Å². The van der Waals surface area contributed by atoms with Crippen molar-refractivity contribution in [3.63, 3.8) is 0 Å². The summed E-state index contributed by atoms with van der Waals surface area (Å²) in [5.74, 6) is -1.04. The minimum Gasteiger partial charge on any atom is -0.480 e. The first kappa shape index (κ1) is 15.0. The van der Waals surface area contributed by atoms with Crippen molar-refractivity contribution in [1.82, 2.24) is 10.2 Å². The first-order valence-corrected chi connectivity index (χ1v) is 6.06. The molecule has 0 saturated carbocycles. The van der Waals surface area contributed by atoms with Gasteiger partial charge in [-0.1, -0.05) is 24.3 Å². The molecule has 2 N–H and O–H groups in total. The van der Waals surface area contributed by atoms with Gasteiger partial charge in [-0.2, -0.15) is 0 Å². The number of rotatable bonds is 4. The zero-order valence-electron chi connectivity index (χ0n) is 11.7. The SMILES string of the molecule is Cc1ccccc1CNC(=O)N(C)C(C)(C)C(=O)O. The van der Waals surface area contributed by atoms with Crippen molar-refractivity contribution in [1.29, 1.82) is 0 Å². The van der Waals surface area contributed by atoms with Gasteiger partial charge in [0.25, 0.3) is 0 Å². The van der Waals surface area contributed by atoms with Crippen molar-refractivity contribution >= 4 is 12.0 Å². The number of benzene rings is 1. The van der Waals surface area contributed by atoms with Crippen LogP contribution in [0.4, 0.5) is 4.79 Å². The van der Waals surface area contributed by atoms with Crippen molar-refractivity contribution < 1.29 is 14.7 Å². The molecule has 0 heterocycles. The van der Waals surface area contributed by atoms with E-state index in [2.05, 4.69) is 5.32 Å². The van der Waals surface area contributed by atoms with E-state index in [4.69, 9.17) is 5.11 Å². The van der Waals surface area contributed by atoms with Crippen LogP contribution >= 0.6 is 0 Å². The van der Waals surface area contributed by atoms with Crippen LogP contribution in [0.5, 0.6) is 0 Å². The van der Waals surface area contributed by atoms with Crippen LogP contribution in [0.25, 0.3) is 0 Å². The average molecular weight is 264 g/mol. The molecule has 0 bridgehead atoms. The molecule has 0 aliphatic rings. The van der Waals surface area contributed by atoms with Gasteiger partial charge in [0.1, 0.15) is 5.54 Å². The number of amides is 2. The van der Waals surface area contributed by atoms with Gasteiger partial charge in [-0.3, -0.25) is 0 Å². The molecule has 19 heavy (non-hydrogen) atoms. The molecular weight excluding hydrogens is 244 g/mol. The predicted octanol–water partition coefficient (Wildman–Crippen LogP) is 2.00. The maximum absolute atomic E-state index is 11.9.